The number of allylic oxidation sites excluding steroid dienone is 1. The SMILES string of the molecule is O=C1C[C@@H](c2ccc(Cl)cc2)C=C2Nc3ccccc3N(C(=O)c3cccs3)[C@H](c3ccc(F)cc3)[C@H]12. The molecule has 1 amide bonds. The molecule has 4 aromatic rings. The van der Waals surface area contributed by atoms with E-state index in [9.17, 15) is 14.0 Å². The number of carbonyl (C=O) groups is 2. The number of thiophene rings is 1. The zero-order valence-corrected chi connectivity index (χ0v) is 21.2. The average Bonchev–Trinajstić information content (AvgIpc) is 3.39. The number of fused-ring (bicyclic) bond motifs is 2. The maximum Gasteiger partial charge on any atom is 0.269 e. The van der Waals surface area contributed by atoms with Crippen molar-refractivity contribution in [2.24, 2.45) is 5.92 Å². The van der Waals surface area contributed by atoms with E-state index in [1.165, 1.54) is 23.5 Å². The zero-order valence-electron chi connectivity index (χ0n) is 19.6. The largest absolute Gasteiger partial charge is 0.357 e. The lowest BCUT2D eigenvalue weighted by molar-refractivity contribution is -0.123. The maximum atomic E-state index is 14.0. The van der Waals surface area contributed by atoms with Crippen LogP contribution in [0.5, 0.6) is 0 Å². The third-order valence-electron chi connectivity index (χ3n) is 6.98. The predicted octanol–water partition coefficient (Wildman–Crippen LogP) is 7.61. The van der Waals surface area contributed by atoms with Crippen molar-refractivity contribution in [3.63, 3.8) is 0 Å². The van der Waals surface area contributed by atoms with Gasteiger partial charge in [0.05, 0.1) is 28.2 Å². The Morgan fingerprint density at radius 3 is 2.41 bits per heavy atom. The van der Waals surface area contributed by atoms with Crippen molar-refractivity contribution in [1.82, 2.24) is 0 Å². The lowest BCUT2D eigenvalue weighted by atomic mass is 9.76. The highest BCUT2D eigenvalue weighted by Gasteiger charge is 2.45. The van der Waals surface area contributed by atoms with Crippen molar-refractivity contribution in [2.75, 3.05) is 10.2 Å². The molecule has 0 saturated carbocycles. The van der Waals surface area contributed by atoms with E-state index in [1.54, 1.807) is 23.1 Å². The summed E-state index contributed by atoms with van der Waals surface area (Å²) in [6.45, 7) is 0. The number of rotatable bonds is 3. The van der Waals surface area contributed by atoms with E-state index in [0.717, 1.165) is 16.9 Å². The summed E-state index contributed by atoms with van der Waals surface area (Å²) in [5.74, 6) is -1.35. The number of halogens is 2. The van der Waals surface area contributed by atoms with E-state index in [4.69, 9.17) is 11.6 Å². The minimum absolute atomic E-state index is 0.0102. The van der Waals surface area contributed by atoms with Crippen LogP contribution in [0.2, 0.25) is 5.02 Å². The molecule has 0 unspecified atom stereocenters. The van der Waals surface area contributed by atoms with Gasteiger partial charge in [0.15, 0.2) is 0 Å². The Balaban J connectivity index is 1.55. The Bertz CT molecular complexity index is 1500. The van der Waals surface area contributed by atoms with Gasteiger partial charge in [-0.3, -0.25) is 14.5 Å². The third kappa shape index (κ3) is 4.37. The fourth-order valence-corrected chi connectivity index (χ4v) is 6.07. The van der Waals surface area contributed by atoms with Crippen LogP contribution in [0.4, 0.5) is 15.8 Å². The summed E-state index contributed by atoms with van der Waals surface area (Å²) < 4.78 is 14.0. The number of carbonyl (C=O) groups excluding carboxylic acids is 2. The van der Waals surface area contributed by atoms with Gasteiger partial charge in [0, 0.05) is 23.1 Å². The van der Waals surface area contributed by atoms with E-state index < -0.39 is 12.0 Å². The Hall–Kier alpha value is -3.74. The van der Waals surface area contributed by atoms with Gasteiger partial charge < -0.3 is 5.32 Å². The number of Topliss-reactive ketones (excluding diaryl/α,β-unsaturated/α-hetero) is 1. The molecule has 6 rings (SSSR count). The van der Waals surface area contributed by atoms with E-state index >= 15 is 0 Å². The van der Waals surface area contributed by atoms with Crippen LogP contribution in [0, 0.1) is 11.7 Å². The van der Waals surface area contributed by atoms with E-state index in [0.29, 0.717) is 21.2 Å². The maximum absolute atomic E-state index is 14.0. The molecule has 184 valence electrons. The average molecular weight is 529 g/mol. The molecule has 1 aliphatic heterocycles. The predicted molar refractivity (Wildman–Crippen MR) is 146 cm³/mol. The highest BCUT2D eigenvalue weighted by atomic mass is 35.5. The highest BCUT2D eigenvalue weighted by Crippen LogP contribution is 2.48. The van der Waals surface area contributed by atoms with Gasteiger partial charge in [-0.1, -0.05) is 60.1 Å². The Labute approximate surface area is 223 Å². The number of para-hydroxylation sites is 2. The first kappa shape index (κ1) is 23.6. The molecule has 2 heterocycles. The first-order valence-corrected chi connectivity index (χ1v) is 13.2. The molecule has 7 heteroatoms. The Morgan fingerprint density at radius 2 is 1.68 bits per heavy atom. The molecule has 3 atom stereocenters. The molecular weight excluding hydrogens is 507 g/mol. The van der Waals surface area contributed by atoms with Crippen molar-refractivity contribution in [3.05, 3.63) is 129 Å². The number of hydrogen-bond acceptors (Lipinski definition) is 4. The summed E-state index contributed by atoms with van der Waals surface area (Å²) in [4.78, 5) is 30.3. The molecule has 3 aromatic carbocycles. The van der Waals surface area contributed by atoms with E-state index in [2.05, 4.69) is 11.4 Å². The minimum Gasteiger partial charge on any atom is -0.357 e. The number of anilines is 2. The number of benzene rings is 3. The van der Waals surface area contributed by atoms with Crippen molar-refractivity contribution < 1.29 is 14.0 Å². The molecule has 0 fully saturated rings. The standard InChI is InChI=1S/C30H22ClFN2O2S/c31-21-11-7-18(8-12-21)20-16-24-28(26(35)17-20)29(19-9-13-22(32)14-10-19)34(30(36)27-6-3-15-37-27)25-5-2-1-4-23(25)33-24/h1-16,20,28-29,33H,17H2/t20-,28-,29+/m0/s1. The number of amides is 1. The molecular formula is C30H22ClFN2O2S. The molecule has 1 N–H and O–H groups in total. The molecule has 1 aliphatic carbocycles. The summed E-state index contributed by atoms with van der Waals surface area (Å²) in [7, 11) is 0. The lowest BCUT2D eigenvalue weighted by Crippen LogP contribution is -2.42. The number of nitrogens with one attached hydrogen (secondary N) is 1. The number of nitrogens with zero attached hydrogens (tertiary/aromatic N) is 1. The molecule has 37 heavy (non-hydrogen) atoms. The number of ketones is 1. The van der Waals surface area contributed by atoms with Gasteiger partial charge >= 0.3 is 0 Å². The first-order valence-electron chi connectivity index (χ1n) is 12.0. The zero-order chi connectivity index (χ0) is 25.5. The van der Waals surface area contributed by atoms with Gasteiger partial charge in [-0.05, 0) is 59.0 Å². The molecule has 0 spiro atoms. The summed E-state index contributed by atoms with van der Waals surface area (Å²) in [6.07, 6.45) is 2.37. The van der Waals surface area contributed by atoms with Crippen molar-refractivity contribution >= 4 is 46.0 Å². The summed E-state index contributed by atoms with van der Waals surface area (Å²) in [6, 6.07) is 24.1. The minimum atomic E-state index is -0.656. The van der Waals surface area contributed by atoms with Crippen molar-refractivity contribution in [3.8, 4) is 0 Å². The first-order chi connectivity index (χ1) is 18.0. The van der Waals surface area contributed by atoms with Gasteiger partial charge in [-0.25, -0.2) is 4.39 Å². The molecule has 0 radical (unpaired) electrons. The molecule has 2 aliphatic rings. The molecule has 0 bridgehead atoms. The summed E-state index contributed by atoms with van der Waals surface area (Å²) in [5.41, 5.74) is 3.82. The van der Waals surface area contributed by atoms with Gasteiger partial charge in [0.2, 0.25) is 0 Å². The van der Waals surface area contributed by atoms with Crippen molar-refractivity contribution in [1.29, 1.82) is 0 Å². The summed E-state index contributed by atoms with van der Waals surface area (Å²) >= 11 is 7.45. The number of hydrogen-bond donors (Lipinski definition) is 1. The Kier molecular flexibility index (Phi) is 6.14. The molecule has 1 aromatic heterocycles. The third-order valence-corrected chi connectivity index (χ3v) is 8.09. The van der Waals surface area contributed by atoms with Crippen LogP contribution < -0.4 is 10.2 Å². The van der Waals surface area contributed by atoms with Crippen LogP contribution >= 0.6 is 22.9 Å². The summed E-state index contributed by atoms with van der Waals surface area (Å²) in [5, 5.41) is 5.99. The Morgan fingerprint density at radius 1 is 0.946 bits per heavy atom. The molecule has 4 nitrogen and oxygen atoms in total. The second-order valence-electron chi connectivity index (χ2n) is 9.22. The van der Waals surface area contributed by atoms with Crippen LogP contribution in [0.3, 0.4) is 0 Å². The van der Waals surface area contributed by atoms with Crippen molar-refractivity contribution in [2.45, 2.75) is 18.4 Å². The van der Waals surface area contributed by atoms with Crippen LogP contribution in [-0.2, 0) is 4.79 Å². The normalized spacial score (nSPS) is 20.8. The highest BCUT2D eigenvalue weighted by molar-refractivity contribution is 7.12. The van der Waals surface area contributed by atoms with Crippen LogP contribution in [0.15, 0.2) is 102 Å². The van der Waals surface area contributed by atoms with Gasteiger partial charge in [-0.2, -0.15) is 0 Å². The van der Waals surface area contributed by atoms with Gasteiger partial charge in [-0.15, -0.1) is 11.3 Å². The van der Waals surface area contributed by atoms with E-state index in [-0.39, 0.29) is 29.8 Å². The monoisotopic (exact) mass is 528 g/mol. The topological polar surface area (TPSA) is 49.4 Å². The lowest BCUT2D eigenvalue weighted by Gasteiger charge is -2.37. The fourth-order valence-electron chi connectivity index (χ4n) is 5.29. The fraction of sp³-hybridized carbons (Fsp3) is 0.133. The molecule has 0 saturated heterocycles. The van der Waals surface area contributed by atoms with Gasteiger partial charge in [0.25, 0.3) is 5.91 Å². The van der Waals surface area contributed by atoms with Crippen LogP contribution in [0.25, 0.3) is 0 Å². The van der Waals surface area contributed by atoms with E-state index in [1.807, 2.05) is 60.0 Å². The van der Waals surface area contributed by atoms with Gasteiger partial charge in [0.1, 0.15) is 11.6 Å². The quantitative estimate of drug-likeness (QED) is 0.297. The van der Waals surface area contributed by atoms with Crippen LogP contribution in [0.1, 0.15) is 39.2 Å². The van der Waals surface area contributed by atoms with Crippen LogP contribution in [-0.4, -0.2) is 11.7 Å². The smallest absolute Gasteiger partial charge is 0.269 e. The second-order valence-corrected chi connectivity index (χ2v) is 10.6. The second kappa shape index (κ2) is 9.61.